The molecule has 0 rings (SSSR count). The molecule has 0 saturated carbocycles. The van der Waals surface area contributed by atoms with Gasteiger partial charge in [0.1, 0.15) is 6.29 Å². The molecule has 0 atom stereocenters. The predicted molar refractivity (Wildman–Crippen MR) is 51.7 cm³/mol. The van der Waals surface area contributed by atoms with Crippen molar-refractivity contribution < 1.29 is 4.79 Å². The largest absolute Gasteiger partial charge is 0.298 e. The molecule has 0 bridgehead atoms. The number of rotatable bonds is 4. The van der Waals surface area contributed by atoms with Gasteiger partial charge in [-0.15, -0.1) is 12.3 Å². The summed E-state index contributed by atoms with van der Waals surface area (Å²) in [4.78, 5) is 10.3. The summed E-state index contributed by atoms with van der Waals surface area (Å²) >= 11 is 0. The zero-order valence-corrected chi connectivity index (χ0v) is 8.05. The minimum Gasteiger partial charge on any atom is -0.298 e. The second kappa shape index (κ2) is 4.77. The summed E-state index contributed by atoms with van der Waals surface area (Å²) < 4.78 is 0. The van der Waals surface area contributed by atoms with Crippen LogP contribution >= 0.6 is 0 Å². The van der Waals surface area contributed by atoms with Crippen molar-refractivity contribution in [1.82, 2.24) is 0 Å². The molecule has 0 spiro atoms. The molecule has 1 heteroatoms. The number of carbonyl (C=O) groups excluding carboxylic acids is 1. The maximum absolute atomic E-state index is 10.3. The number of hydrogen-bond donors (Lipinski definition) is 0. The van der Waals surface area contributed by atoms with E-state index in [1.54, 1.807) is 6.92 Å². The molecule has 0 aromatic carbocycles. The predicted octanol–water partition coefficient (Wildman–Crippen LogP) is 2.57. The van der Waals surface area contributed by atoms with Crippen molar-refractivity contribution in [2.24, 2.45) is 5.41 Å². The van der Waals surface area contributed by atoms with Gasteiger partial charge in [-0.2, -0.15) is 0 Å². The zero-order chi connectivity index (χ0) is 9.61. The first-order chi connectivity index (χ1) is 5.52. The highest BCUT2D eigenvalue weighted by Crippen LogP contribution is 2.25. The first kappa shape index (κ1) is 11.0. The molecule has 0 aliphatic rings. The van der Waals surface area contributed by atoms with Crippen LogP contribution in [0.25, 0.3) is 0 Å². The fourth-order valence-corrected chi connectivity index (χ4v) is 0.834. The van der Waals surface area contributed by atoms with Gasteiger partial charge in [0.2, 0.25) is 0 Å². The Bertz CT molecular complexity index is 216. The van der Waals surface area contributed by atoms with Gasteiger partial charge in [-0.3, -0.25) is 4.79 Å². The van der Waals surface area contributed by atoms with Gasteiger partial charge in [-0.25, -0.2) is 0 Å². The van der Waals surface area contributed by atoms with Gasteiger partial charge in [0.15, 0.2) is 0 Å². The first-order valence-corrected chi connectivity index (χ1v) is 4.07. The van der Waals surface area contributed by atoms with Crippen molar-refractivity contribution in [2.75, 3.05) is 0 Å². The second-order valence-electron chi connectivity index (χ2n) is 3.82. The molecule has 66 valence electrons. The van der Waals surface area contributed by atoms with Crippen LogP contribution in [-0.4, -0.2) is 6.29 Å². The van der Waals surface area contributed by atoms with Gasteiger partial charge in [-0.1, -0.05) is 19.9 Å². The molecule has 0 unspecified atom stereocenters. The molecular weight excluding hydrogens is 148 g/mol. The number of aldehydes is 1. The van der Waals surface area contributed by atoms with Gasteiger partial charge < -0.3 is 0 Å². The third-order valence-electron chi connectivity index (χ3n) is 1.74. The third kappa shape index (κ3) is 4.73. The summed E-state index contributed by atoms with van der Waals surface area (Å²) in [6.45, 7) is 6.00. The van der Waals surface area contributed by atoms with Crippen LogP contribution in [0.4, 0.5) is 0 Å². The Labute approximate surface area is 74.9 Å². The average molecular weight is 164 g/mol. The summed E-state index contributed by atoms with van der Waals surface area (Å²) in [6, 6.07) is 0. The molecule has 0 aliphatic heterocycles. The lowest BCUT2D eigenvalue weighted by molar-refractivity contribution is -0.104. The normalized spacial score (nSPS) is 12.3. The second-order valence-corrected chi connectivity index (χ2v) is 3.82. The summed E-state index contributed by atoms with van der Waals surface area (Å²) in [5, 5.41) is 0. The molecule has 0 fully saturated rings. The fourth-order valence-electron chi connectivity index (χ4n) is 0.834. The smallest absolute Gasteiger partial charge is 0.145 e. The van der Waals surface area contributed by atoms with Gasteiger partial charge in [0.05, 0.1) is 0 Å². The van der Waals surface area contributed by atoms with E-state index in [0.29, 0.717) is 0 Å². The van der Waals surface area contributed by atoms with Crippen molar-refractivity contribution in [3.8, 4) is 12.3 Å². The van der Waals surface area contributed by atoms with Crippen LogP contribution in [0.5, 0.6) is 0 Å². The van der Waals surface area contributed by atoms with Crippen LogP contribution < -0.4 is 0 Å². The monoisotopic (exact) mass is 164 g/mol. The summed E-state index contributed by atoms with van der Waals surface area (Å²) in [6.07, 6.45) is 9.62. The molecule has 12 heavy (non-hydrogen) atoms. The van der Waals surface area contributed by atoms with Gasteiger partial charge in [-0.05, 0) is 24.3 Å². The van der Waals surface area contributed by atoms with Crippen LogP contribution in [0.2, 0.25) is 0 Å². The van der Waals surface area contributed by atoms with Crippen LogP contribution in [0.1, 0.15) is 33.6 Å². The molecule has 0 aliphatic carbocycles. The fraction of sp³-hybridized carbons (Fsp3) is 0.545. The zero-order valence-electron chi connectivity index (χ0n) is 8.05. The lowest BCUT2D eigenvalue weighted by Gasteiger charge is -2.19. The Hall–Kier alpha value is -1.03. The first-order valence-electron chi connectivity index (χ1n) is 4.07. The maximum atomic E-state index is 10.3. The summed E-state index contributed by atoms with van der Waals surface area (Å²) in [7, 11) is 0. The average Bonchev–Trinajstić information content (AvgIpc) is 2.00. The van der Waals surface area contributed by atoms with Crippen LogP contribution in [0.3, 0.4) is 0 Å². The molecule has 0 amide bonds. The van der Waals surface area contributed by atoms with E-state index in [4.69, 9.17) is 6.42 Å². The summed E-state index contributed by atoms with van der Waals surface area (Å²) in [5.74, 6) is 2.63. The third-order valence-corrected chi connectivity index (χ3v) is 1.74. The van der Waals surface area contributed by atoms with E-state index in [1.165, 1.54) is 0 Å². The highest BCUT2D eigenvalue weighted by atomic mass is 16.1. The number of carbonyl (C=O) groups is 1. The molecular formula is C11H16O. The van der Waals surface area contributed by atoms with Gasteiger partial charge >= 0.3 is 0 Å². The Kier molecular flexibility index (Phi) is 4.36. The molecule has 1 nitrogen and oxygen atoms in total. The number of terminal acetylenes is 1. The van der Waals surface area contributed by atoms with E-state index >= 15 is 0 Å². The number of allylic oxidation sites excluding steroid dienone is 2. The topological polar surface area (TPSA) is 17.1 Å². The van der Waals surface area contributed by atoms with Crippen LogP contribution in [0.15, 0.2) is 11.6 Å². The van der Waals surface area contributed by atoms with E-state index in [2.05, 4.69) is 19.8 Å². The van der Waals surface area contributed by atoms with Gasteiger partial charge in [0, 0.05) is 6.42 Å². The molecule has 0 aromatic heterocycles. The van der Waals surface area contributed by atoms with E-state index in [9.17, 15) is 4.79 Å². The van der Waals surface area contributed by atoms with Crippen LogP contribution in [0, 0.1) is 17.8 Å². The van der Waals surface area contributed by atoms with E-state index < -0.39 is 0 Å². The summed E-state index contributed by atoms with van der Waals surface area (Å²) in [5.41, 5.74) is 0.888. The Morgan fingerprint density at radius 1 is 1.58 bits per heavy atom. The maximum Gasteiger partial charge on any atom is 0.145 e. The van der Waals surface area contributed by atoms with Gasteiger partial charge in [0.25, 0.3) is 0 Å². The lowest BCUT2D eigenvalue weighted by atomic mass is 9.85. The van der Waals surface area contributed by atoms with E-state index in [-0.39, 0.29) is 5.41 Å². The van der Waals surface area contributed by atoms with E-state index in [1.807, 2.05) is 6.08 Å². The highest BCUT2D eigenvalue weighted by molar-refractivity contribution is 5.71. The minimum atomic E-state index is 0.110. The molecule has 0 N–H and O–H groups in total. The van der Waals surface area contributed by atoms with Crippen molar-refractivity contribution in [2.45, 2.75) is 33.6 Å². The Morgan fingerprint density at radius 3 is 2.58 bits per heavy atom. The van der Waals surface area contributed by atoms with Crippen molar-refractivity contribution in [1.29, 1.82) is 0 Å². The SMILES string of the molecule is C#CCC(C)(C)C/C=C(\C)C=O. The standard InChI is InChI=1S/C11H16O/c1-5-7-11(3,4)8-6-10(2)9-12/h1,6,9H,7-8H2,2-4H3/b10-6+. The Balaban J connectivity index is 4.08. The number of hydrogen-bond acceptors (Lipinski definition) is 1. The van der Waals surface area contributed by atoms with Crippen molar-refractivity contribution in [3.63, 3.8) is 0 Å². The molecule has 0 heterocycles. The molecule has 0 saturated heterocycles. The van der Waals surface area contributed by atoms with Crippen molar-refractivity contribution in [3.05, 3.63) is 11.6 Å². The Morgan fingerprint density at radius 2 is 2.17 bits per heavy atom. The lowest BCUT2D eigenvalue weighted by Crippen LogP contribution is -2.08. The molecule has 0 radical (unpaired) electrons. The minimum absolute atomic E-state index is 0.110. The van der Waals surface area contributed by atoms with Crippen molar-refractivity contribution >= 4 is 6.29 Å². The van der Waals surface area contributed by atoms with E-state index in [0.717, 1.165) is 24.7 Å². The van der Waals surface area contributed by atoms with Crippen LogP contribution in [-0.2, 0) is 4.79 Å². The molecule has 0 aromatic rings. The quantitative estimate of drug-likeness (QED) is 0.354. The highest BCUT2D eigenvalue weighted by Gasteiger charge is 2.14.